The summed E-state index contributed by atoms with van der Waals surface area (Å²) in [5, 5.41) is 12.4. The molecule has 0 aliphatic rings. The van der Waals surface area contributed by atoms with Gasteiger partial charge in [-0.2, -0.15) is 0 Å². The van der Waals surface area contributed by atoms with Crippen LogP contribution in [0.5, 0.6) is 11.5 Å². The van der Waals surface area contributed by atoms with Gasteiger partial charge in [-0.3, -0.25) is 4.79 Å². The third kappa shape index (κ3) is 5.27. The van der Waals surface area contributed by atoms with E-state index in [0.29, 0.717) is 30.2 Å². The average molecular weight is 295 g/mol. The van der Waals surface area contributed by atoms with E-state index in [1.54, 1.807) is 25.3 Å². The zero-order valence-electron chi connectivity index (χ0n) is 13.0. The first-order valence-electron chi connectivity index (χ1n) is 7.40. The topological polar surface area (TPSA) is 67.8 Å². The van der Waals surface area contributed by atoms with Gasteiger partial charge in [0.25, 0.3) is 0 Å². The minimum Gasteiger partial charge on any atom is -0.493 e. The van der Waals surface area contributed by atoms with E-state index >= 15 is 0 Å². The third-order valence-corrected chi connectivity index (χ3v) is 3.11. The number of rotatable bonds is 10. The Morgan fingerprint density at radius 2 is 2.05 bits per heavy atom. The Morgan fingerprint density at radius 1 is 1.29 bits per heavy atom. The molecule has 0 bridgehead atoms. The molecular weight excluding hydrogens is 270 g/mol. The molecule has 0 aromatic heterocycles. The Balaban J connectivity index is 2.90. The largest absolute Gasteiger partial charge is 0.493 e. The Labute approximate surface area is 126 Å². The van der Waals surface area contributed by atoms with Crippen LogP contribution in [0.25, 0.3) is 0 Å². The molecule has 1 rings (SSSR count). The smallest absolute Gasteiger partial charge is 0.325 e. The summed E-state index contributed by atoms with van der Waals surface area (Å²) in [5.74, 6) is 0.306. The predicted molar refractivity (Wildman–Crippen MR) is 82.1 cm³/mol. The first kappa shape index (κ1) is 17.3. The molecule has 1 atom stereocenters. The van der Waals surface area contributed by atoms with Crippen molar-refractivity contribution in [1.82, 2.24) is 5.32 Å². The summed E-state index contributed by atoms with van der Waals surface area (Å²) in [6.07, 6.45) is 2.87. The van der Waals surface area contributed by atoms with Gasteiger partial charge >= 0.3 is 5.97 Å². The molecule has 0 saturated heterocycles. The van der Waals surface area contributed by atoms with E-state index in [-0.39, 0.29) is 0 Å². The fraction of sp³-hybridized carbons (Fsp3) is 0.562. The number of hydrogen-bond acceptors (Lipinski definition) is 4. The molecule has 0 spiro atoms. The number of carboxylic acid groups (broad SMARTS) is 1. The van der Waals surface area contributed by atoms with Crippen molar-refractivity contribution in [1.29, 1.82) is 0 Å². The normalized spacial score (nSPS) is 12.0. The molecule has 0 aliphatic heterocycles. The van der Waals surface area contributed by atoms with Crippen molar-refractivity contribution in [2.45, 2.75) is 39.2 Å². The Morgan fingerprint density at radius 3 is 2.62 bits per heavy atom. The second kappa shape index (κ2) is 9.23. The predicted octanol–water partition coefficient (Wildman–Crippen LogP) is 3.00. The highest BCUT2D eigenvalue weighted by molar-refractivity contribution is 5.76. The number of nitrogens with one attached hydrogen (secondary N) is 1. The summed E-state index contributed by atoms with van der Waals surface area (Å²) in [6, 6.07) is 4.53. The monoisotopic (exact) mass is 295 g/mol. The average Bonchev–Trinajstić information content (AvgIpc) is 2.49. The fourth-order valence-electron chi connectivity index (χ4n) is 1.97. The third-order valence-electron chi connectivity index (χ3n) is 3.11. The number of hydrogen-bond donors (Lipinski definition) is 2. The van der Waals surface area contributed by atoms with Crippen LogP contribution in [0.3, 0.4) is 0 Å². The molecule has 0 heterocycles. The zero-order chi connectivity index (χ0) is 15.7. The molecule has 1 aromatic carbocycles. The van der Waals surface area contributed by atoms with E-state index < -0.39 is 12.0 Å². The van der Waals surface area contributed by atoms with Crippen molar-refractivity contribution in [3.05, 3.63) is 23.8 Å². The first-order chi connectivity index (χ1) is 10.1. The van der Waals surface area contributed by atoms with Crippen molar-refractivity contribution >= 4 is 5.97 Å². The maximum Gasteiger partial charge on any atom is 0.325 e. The highest BCUT2D eigenvalue weighted by Gasteiger charge is 2.20. The summed E-state index contributed by atoms with van der Waals surface area (Å²) in [7, 11) is 1.55. The first-order valence-corrected chi connectivity index (χ1v) is 7.40. The second-order valence-corrected chi connectivity index (χ2v) is 4.84. The lowest BCUT2D eigenvalue weighted by molar-refractivity contribution is -0.139. The Kier molecular flexibility index (Phi) is 7.61. The summed E-state index contributed by atoms with van der Waals surface area (Å²) in [4.78, 5) is 11.4. The molecule has 21 heavy (non-hydrogen) atoms. The van der Waals surface area contributed by atoms with Gasteiger partial charge in [0.05, 0.1) is 13.7 Å². The summed E-state index contributed by atoms with van der Waals surface area (Å²) < 4.78 is 10.9. The lowest BCUT2D eigenvalue weighted by Gasteiger charge is -2.17. The zero-order valence-corrected chi connectivity index (χ0v) is 13.0. The maximum absolute atomic E-state index is 11.4. The van der Waals surface area contributed by atoms with Gasteiger partial charge in [-0.15, -0.1) is 0 Å². The molecule has 1 aromatic rings. The summed E-state index contributed by atoms with van der Waals surface area (Å²) in [5.41, 5.74) is 0.666. The Hall–Kier alpha value is -1.75. The van der Waals surface area contributed by atoms with E-state index in [2.05, 4.69) is 12.2 Å². The van der Waals surface area contributed by atoms with Crippen molar-refractivity contribution in [2.24, 2.45) is 0 Å². The summed E-state index contributed by atoms with van der Waals surface area (Å²) >= 11 is 0. The van der Waals surface area contributed by atoms with Crippen LogP contribution in [-0.4, -0.2) is 31.3 Å². The van der Waals surface area contributed by atoms with Gasteiger partial charge in [-0.25, -0.2) is 0 Å². The van der Waals surface area contributed by atoms with E-state index in [9.17, 15) is 9.90 Å². The number of carboxylic acids is 1. The van der Waals surface area contributed by atoms with Gasteiger partial charge in [0.2, 0.25) is 0 Å². The number of ether oxygens (including phenoxy) is 2. The van der Waals surface area contributed by atoms with Crippen LogP contribution in [0.15, 0.2) is 18.2 Å². The van der Waals surface area contributed by atoms with Crippen LogP contribution in [0, 0.1) is 0 Å². The van der Waals surface area contributed by atoms with Crippen molar-refractivity contribution < 1.29 is 19.4 Å². The van der Waals surface area contributed by atoms with Gasteiger partial charge in [0.15, 0.2) is 11.5 Å². The molecule has 2 N–H and O–H groups in total. The van der Waals surface area contributed by atoms with Crippen molar-refractivity contribution in [3.63, 3.8) is 0 Å². The van der Waals surface area contributed by atoms with E-state index in [1.807, 2.05) is 6.92 Å². The lowest BCUT2D eigenvalue weighted by atomic mass is 10.1. The highest BCUT2D eigenvalue weighted by Crippen LogP contribution is 2.30. The number of benzene rings is 1. The molecule has 1 unspecified atom stereocenters. The standard InChI is InChI=1S/C16H25NO4/c1-4-6-9-17-15(16(18)19)12-7-8-13(21-10-5-2)14(11-12)20-3/h7-8,11,15,17H,4-6,9-10H2,1-3H3,(H,18,19). The van der Waals surface area contributed by atoms with E-state index in [4.69, 9.17) is 9.47 Å². The lowest BCUT2D eigenvalue weighted by Crippen LogP contribution is -2.29. The number of methoxy groups -OCH3 is 1. The molecule has 5 heteroatoms. The van der Waals surface area contributed by atoms with Gasteiger partial charge in [-0.1, -0.05) is 26.3 Å². The molecule has 5 nitrogen and oxygen atoms in total. The van der Waals surface area contributed by atoms with Crippen molar-refractivity contribution in [3.8, 4) is 11.5 Å². The fourth-order valence-corrected chi connectivity index (χ4v) is 1.97. The molecular formula is C16H25NO4. The van der Waals surface area contributed by atoms with Crippen LogP contribution in [0.2, 0.25) is 0 Å². The second-order valence-electron chi connectivity index (χ2n) is 4.84. The van der Waals surface area contributed by atoms with Crippen LogP contribution >= 0.6 is 0 Å². The summed E-state index contributed by atoms with van der Waals surface area (Å²) in [6.45, 7) is 5.37. The van der Waals surface area contributed by atoms with Crippen molar-refractivity contribution in [2.75, 3.05) is 20.3 Å². The van der Waals surface area contributed by atoms with Crippen LogP contribution in [-0.2, 0) is 4.79 Å². The minimum atomic E-state index is -0.893. The SMILES string of the molecule is CCCCNC(C(=O)O)c1ccc(OCCC)c(OC)c1. The van der Waals surface area contributed by atoms with Gasteiger partial charge < -0.3 is 19.9 Å². The minimum absolute atomic E-state index is 0.560. The highest BCUT2D eigenvalue weighted by atomic mass is 16.5. The molecule has 0 amide bonds. The van der Waals surface area contributed by atoms with Gasteiger partial charge in [0, 0.05) is 0 Å². The molecule has 118 valence electrons. The molecule has 0 fully saturated rings. The molecule has 0 radical (unpaired) electrons. The molecule has 0 aliphatic carbocycles. The van der Waals surface area contributed by atoms with E-state index in [1.165, 1.54) is 0 Å². The number of carbonyl (C=O) groups is 1. The quantitative estimate of drug-likeness (QED) is 0.649. The van der Waals surface area contributed by atoms with Crippen LogP contribution < -0.4 is 14.8 Å². The Bertz CT molecular complexity index is 448. The molecule has 0 saturated carbocycles. The maximum atomic E-state index is 11.4. The van der Waals surface area contributed by atoms with Gasteiger partial charge in [-0.05, 0) is 37.1 Å². The van der Waals surface area contributed by atoms with Gasteiger partial charge in [0.1, 0.15) is 6.04 Å². The number of aliphatic carboxylic acids is 1. The van der Waals surface area contributed by atoms with E-state index in [0.717, 1.165) is 19.3 Å². The number of unbranched alkanes of at least 4 members (excludes halogenated alkanes) is 1. The van der Waals surface area contributed by atoms with Crippen LogP contribution in [0.1, 0.15) is 44.7 Å². The van der Waals surface area contributed by atoms with Crippen LogP contribution in [0.4, 0.5) is 0 Å².